The van der Waals surface area contributed by atoms with Gasteiger partial charge in [-0.15, -0.1) is 0 Å². The number of hydrogen-bond acceptors (Lipinski definition) is 4. The zero-order valence-electron chi connectivity index (χ0n) is 10.2. The van der Waals surface area contributed by atoms with Crippen LogP contribution in [0.4, 0.5) is 0 Å². The molecule has 1 aromatic rings. The molecule has 4 nitrogen and oxygen atoms in total. The van der Waals surface area contributed by atoms with Crippen molar-refractivity contribution >= 4 is 68.1 Å². The molecule has 0 amide bonds. The molecule has 0 aliphatic heterocycles. The van der Waals surface area contributed by atoms with E-state index in [1.807, 2.05) is 0 Å². The molecule has 0 radical (unpaired) electrons. The molecule has 0 spiro atoms. The molecule has 0 saturated heterocycles. The van der Waals surface area contributed by atoms with E-state index in [2.05, 4.69) is 0 Å². The van der Waals surface area contributed by atoms with E-state index in [1.165, 1.54) is 12.1 Å². The largest absolute Gasteiger partial charge is 1.00 e. The van der Waals surface area contributed by atoms with Crippen LogP contribution in [0.5, 0.6) is 5.75 Å². The Hall–Kier alpha value is 0.860. The topological polar surface area (TPSA) is 66.4 Å². The second-order valence-electron chi connectivity index (χ2n) is 3.19. The second kappa shape index (κ2) is 9.23. The van der Waals surface area contributed by atoms with E-state index in [0.29, 0.717) is 0 Å². The van der Waals surface area contributed by atoms with E-state index in [4.69, 9.17) is 62.7 Å². The maximum atomic E-state index is 10.7. The molecule has 0 unspecified atom stereocenters. The van der Waals surface area contributed by atoms with Crippen LogP contribution >= 0.6 is 58.0 Å². The van der Waals surface area contributed by atoms with Crippen LogP contribution in [0.3, 0.4) is 0 Å². The van der Waals surface area contributed by atoms with E-state index < -0.39 is 15.0 Å². The van der Waals surface area contributed by atoms with Gasteiger partial charge in [0.05, 0.1) is 9.93 Å². The summed E-state index contributed by atoms with van der Waals surface area (Å²) in [6.45, 7) is 0. The average Bonchev–Trinajstić information content (AvgIpc) is 2.36. The van der Waals surface area contributed by atoms with Crippen molar-refractivity contribution in [1.82, 2.24) is 0 Å². The normalized spacial score (nSPS) is 12.1. The minimum absolute atomic E-state index is 0. The van der Waals surface area contributed by atoms with Gasteiger partial charge < -0.3 is 9.29 Å². The minimum atomic E-state index is -4.53. The summed E-state index contributed by atoms with van der Waals surface area (Å²) in [6, 6.07) is 4.55. The van der Waals surface area contributed by atoms with Crippen molar-refractivity contribution in [2.45, 2.75) is 4.90 Å². The Balaban J connectivity index is 0.00000400. The first-order valence-electron chi connectivity index (χ1n) is 4.63. The zero-order valence-corrected chi connectivity index (χ0v) is 16.8. The van der Waals surface area contributed by atoms with Gasteiger partial charge in [0, 0.05) is 0 Å². The summed E-state index contributed by atoms with van der Waals surface area (Å²) in [7, 11) is -4.53. The summed E-state index contributed by atoms with van der Waals surface area (Å²) in [4.78, 5) is -0.405. The summed E-state index contributed by atoms with van der Waals surface area (Å²) in [6.07, 6.45) is 0. The fraction of sp³-hybridized carbons (Fsp3) is 0. The fourth-order valence-corrected chi connectivity index (χ4v) is 2.20. The van der Waals surface area contributed by atoms with Crippen molar-refractivity contribution in [3.63, 3.8) is 0 Å². The van der Waals surface area contributed by atoms with Crippen LogP contribution < -0.4 is 34.3 Å². The number of rotatable bonds is 4. The Bertz CT molecular complexity index is 665. The maximum Gasteiger partial charge on any atom is 1.00 e. The smallest absolute Gasteiger partial charge is 0.744 e. The Labute approximate surface area is 168 Å². The molecular weight excluding hydrogens is 416 g/mol. The third-order valence-electron chi connectivity index (χ3n) is 1.85. The van der Waals surface area contributed by atoms with Crippen molar-refractivity contribution < 1.29 is 47.3 Å². The molecule has 0 atom stereocenters. The van der Waals surface area contributed by atoms with Crippen molar-refractivity contribution in [3.8, 4) is 5.75 Å². The van der Waals surface area contributed by atoms with Gasteiger partial charge in [-0.05, 0) is 35.9 Å². The summed E-state index contributed by atoms with van der Waals surface area (Å²) < 4.78 is 37.0. The van der Waals surface area contributed by atoms with Gasteiger partial charge in [0.15, 0.2) is 0 Å². The van der Waals surface area contributed by atoms with Crippen molar-refractivity contribution in [2.75, 3.05) is 0 Å². The molecule has 0 fully saturated rings. The van der Waals surface area contributed by atoms with Crippen LogP contribution in [-0.2, 0) is 10.1 Å². The van der Waals surface area contributed by atoms with Gasteiger partial charge in [-0.1, -0.05) is 46.4 Å². The molecule has 0 aliphatic carbocycles. The number of hydrogen-bond donors (Lipinski definition) is 0. The van der Waals surface area contributed by atoms with E-state index in [-0.39, 0.29) is 55.1 Å². The SMILES string of the molecule is O=S(=O)([O-])c1ccc(O/C(Cl)=C(\Cl)C(Cl)=C(Cl)Cl)cc1.[Na+]. The third kappa shape index (κ3) is 6.87. The standard InChI is InChI=1S/C10H5Cl5O4S.Na/c11-7(9(13)14)8(12)10(15)19-5-1-3-6(4-2-5)20(16,17)18;/h1-4H,(H,16,17,18);/q;+1/p-1/b10-8-;. The molecule has 110 valence electrons. The molecule has 0 bridgehead atoms. The molecule has 0 aromatic heterocycles. The quantitative estimate of drug-likeness (QED) is 0.321. The average molecular weight is 420 g/mol. The van der Waals surface area contributed by atoms with E-state index in [9.17, 15) is 13.0 Å². The molecule has 0 saturated carbocycles. The van der Waals surface area contributed by atoms with Crippen LogP contribution in [0.1, 0.15) is 0 Å². The Morgan fingerprint density at radius 1 is 0.952 bits per heavy atom. The summed E-state index contributed by atoms with van der Waals surface area (Å²) in [5.41, 5.74) is 0. The fourth-order valence-electron chi connectivity index (χ4n) is 0.992. The predicted molar refractivity (Wildman–Crippen MR) is 78.4 cm³/mol. The van der Waals surface area contributed by atoms with E-state index in [0.717, 1.165) is 12.1 Å². The molecule has 0 heterocycles. The van der Waals surface area contributed by atoms with Gasteiger partial charge in [-0.2, -0.15) is 0 Å². The van der Waals surface area contributed by atoms with Crippen molar-refractivity contribution in [2.24, 2.45) is 0 Å². The maximum absolute atomic E-state index is 10.7. The number of allylic oxidation sites excluding steroid dienone is 2. The van der Waals surface area contributed by atoms with E-state index in [1.54, 1.807) is 0 Å². The summed E-state index contributed by atoms with van der Waals surface area (Å²) >= 11 is 28.0. The summed E-state index contributed by atoms with van der Waals surface area (Å²) in [5.74, 6) is 0.135. The van der Waals surface area contributed by atoms with Gasteiger partial charge in [0.25, 0.3) is 0 Å². The summed E-state index contributed by atoms with van der Waals surface area (Å²) in [5, 5.41) is -0.763. The zero-order chi connectivity index (χ0) is 15.5. The van der Waals surface area contributed by atoms with Crippen molar-refractivity contribution in [1.29, 1.82) is 0 Å². The molecule has 0 aliphatic rings. The van der Waals surface area contributed by atoms with Crippen LogP contribution in [-0.4, -0.2) is 13.0 Å². The van der Waals surface area contributed by atoms with E-state index >= 15 is 0 Å². The Morgan fingerprint density at radius 3 is 1.81 bits per heavy atom. The first kappa shape index (κ1) is 21.9. The first-order valence-corrected chi connectivity index (χ1v) is 7.93. The second-order valence-corrected chi connectivity index (χ2v) is 6.62. The Morgan fingerprint density at radius 2 is 1.43 bits per heavy atom. The molecule has 1 rings (SSSR count). The monoisotopic (exact) mass is 418 g/mol. The number of benzene rings is 1. The molecule has 21 heavy (non-hydrogen) atoms. The molecular formula is C10H4Cl5NaO4S. The van der Waals surface area contributed by atoms with Gasteiger partial charge in [0.1, 0.15) is 25.4 Å². The first-order chi connectivity index (χ1) is 9.12. The van der Waals surface area contributed by atoms with Gasteiger partial charge in [0.2, 0.25) is 5.22 Å². The van der Waals surface area contributed by atoms with Gasteiger partial charge in [-0.25, -0.2) is 8.42 Å². The van der Waals surface area contributed by atoms with Crippen molar-refractivity contribution in [3.05, 3.63) is 44.0 Å². The van der Waals surface area contributed by atoms with Crippen LogP contribution in [0.25, 0.3) is 0 Å². The van der Waals surface area contributed by atoms with Gasteiger partial charge >= 0.3 is 29.6 Å². The predicted octanol–water partition coefficient (Wildman–Crippen LogP) is 1.51. The minimum Gasteiger partial charge on any atom is -0.744 e. The molecule has 1 aromatic carbocycles. The van der Waals surface area contributed by atoms with Crippen LogP contribution in [0.15, 0.2) is 48.9 Å². The Kier molecular flexibility index (Phi) is 9.61. The van der Waals surface area contributed by atoms with Crippen LogP contribution in [0, 0.1) is 0 Å². The molecule has 11 heteroatoms. The van der Waals surface area contributed by atoms with Crippen LogP contribution in [0.2, 0.25) is 0 Å². The third-order valence-corrected chi connectivity index (χ3v) is 4.47. The number of ether oxygens (including phenoxy) is 1. The number of halogens is 5. The van der Waals surface area contributed by atoms with Gasteiger partial charge in [-0.3, -0.25) is 0 Å². The molecule has 0 N–H and O–H groups in total.